The number of aryl methyl sites for hydroxylation is 2. The molecule has 7 aromatic rings. The van der Waals surface area contributed by atoms with Crippen LogP contribution < -0.4 is 0 Å². The van der Waals surface area contributed by atoms with Crippen molar-refractivity contribution in [3.8, 4) is 28.7 Å². The molecule has 5 nitrogen and oxygen atoms in total. The van der Waals surface area contributed by atoms with Gasteiger partial charge in [-0.2, -0.15) is 9.97 Å². The molecule has 4 aromatic carbocycles. The Hall–Kier alpha value is -4.77. The van der Waals surface area contributed by atoms with Gasteiger partial charge in [0.25, 0.3) is 0 Å². The predicted molar refractivity (Wildman–Crippen MR) is 151 cm³/mol. The number of nitrogens with zero attached hydrogens (tertiary/aromatic N) is 4. The fourth-order valence-electron chi connectivity index (χ4n) is 5.84. The van der Waals surface area contributed by atoms with Crippen molar-refractivity contribution in [2.45, 2.75) is 25.7 Å². The van der Waals surface area contributed by atoms with Crippen molar-refractivity contribution in [2.75, 3.05) is 0 Å². The Morgan fingerprint density at radius 2 is 1.24 bits per heavy atom. The second-order valence-corrected chi connectivity index (χ2v) is 9.94. The number of furan rings is 1. The van der Waals surface area contributed by atoms with E-state index in [1.807, 2.05) is 60.7 Å². The minimum Gasteiger partial charge on any atom is -0.461 e. The summed E-state index contributed by atoms with van der Waals surface area (Å²) in [6.07, 6.45) is 4.48. The zero-order valence-corrected chi connectivity index (χ0v) is 20.8. The lowest BCUT2D eigenvalue weighted by Gasteiger charge is -2.11. The van der Waals surface area contributed by atoms with Crippen molar-refractivity contribution in [2.24, 2.45) is 0 Å². The van der Waals surface area contributed by atoms with Crippen LogP contribution >= 0.6 is 0 Å². The van der Waals surface area contributed by atoms with Crippen molar-refractivity contribution in [1.82, 2.24) is 19.5 Å². The summed E-state index contributed by atoms with van der Waals surface area (Å²) < 4.78 is 8.55. The van der Waals surface area contributed by atoms with E-state index in [0.29, 0.717) is 17.6 Å². The molecule has 38 heavy (non-hydrogen) atoms. The fourth-order valence-corrected chi connectivity index (χ4v) is 5.84. The maximum absolute atomic E-state index is 6.37. The van der Waals surface area contributed by atoms with E-state index in [1.165, 1.54) is 23.8 Å². The van der Waals surface area contributed by atoms with E-state index in [9.17, 15) is 0 Å². The van der Waals surface area contributed by atoms with Gasteiger partial charge in [0.1, 0.15) is 11.3 Å². The molecule has 0 N–H and O–H groups in total. The summed E-state index contributed by atoms with van der Waals surface area (Å²) in [5, 5.41) is 3.50. The molecule has 0 saturated heterocycles. The van der Waals surface area contributed by atoms with Crippen LogP contribution in [0.1, 0.15) is 24.2 Å². The first-order valence-corrected chi connectivity index (χ1v) is 13.2. The Bertz CT molecular complexity index is 1910. The molecule has 0 unspecified atom stereocenters. The SMILES string of the molecule is c1ccc(-c2nc(-c3ccccc3)nc(-n3c4ccccc4c4cc5oc6c(c5cc43)CCCC6)n2)cc1. The number of para-hydroxylation sites is 1. The predicted octanol–water partition coefficient (Wildman–Crippen LogP) is 7.93. The van der Waals surface area contributed by atoms with E-state index in [-0.39, 0.29) is 0 Å². The molecule has 0 saturated carbocycles. The van der Waals surface area contributed by atoms with Crippen LogP contribution in [0, 0.1) is 0 Å². The molecule has 1 aliphatic carbocycles. The second kappa shape index (κ2) is 8.38. The largest absolute Gasteiger partial charge is 0.461 e. The van der Waals surface area contributed by atoms with Gasteiger partial charge < -0.3 is 4.42 Å². The molecule has 8 rings (SSSR count). The highest BCUT2D eigenvalue weighted by Crippen LogP contribution is 2.39. The average molecular weight is 493 g/mol. The van der Waals surface area contributed by atoms with Crippen LogP contribution in [0.3, 0.4) is 0 Å². The summed E-state index contributed by atoms with van der Waals surface area (Å²) in [7, 11) is 0. The maximum atomic E-state index is 6.37. The lowest BCUT2D eigenvalue weighted by Crippen LogP contribution is -2.06. The molecule has 1 aliphatic rings. The zero-order chi connectivity index (χ0) is 25.1. The third kappa shape index (κ3) is 3.28. The molecule has 0 spiro atoms. The van der Waals surface area contributed by atoms with Gasteiger partial charge in [-0.05, 0) is 37.5 Å². The number of rotatable bonds is 3. The van der Waals surface area contributed by atoms with Gasteiger partial charge in [0, 0.05) is 39.3 Å². The van der Waals surface area contributed by atoms with Gasteiger partial charge in [0.2, 0.25) is 5.95 Å². The second-order valence-electron chi connectivity index (χ2n) is 9.94. The van der Waals surface area contributed by atoms with Crippen LogP contribution in [0.25, 0.3) is 61.5 Å². The summed E-state index contributed by atoms with van der Waals surface area (Å²) >= 11 is 0. The highest BCUT2D eigenvalue weighted by molar-refractivity contribution is 6.13. The van der Waals surface area contributed by atoms with Crippen molar-refractivity contribution in [1.29, 1.82) is 0 Å². The lowest BCUT2D eigenvalue weighted by molar-refractivity contribution is 0.506. The van der Waals surface area contributed by atoms with E-state index in [1.54, 1.807) is 0 Å². The highest BCUT2D eigenvalue weighted by atomic mass is 16.3. The van der Waals surface area contributed by atoms with Gasteiger partial charge in [-0.3, -0.25) is 4.57 Å². The van der Waals surface area contributed by atoms with Crippen molar-refractivity contribution in [3.63, 3.8) is 0 Å². The smallest absolute Gasteiger partial charge is 0.238 e. The van der Waals surface area contributed by atoms with Crippen LogP contribution in [-0.2, 0) is 12.8 Å². The monoisotopic (exact) mass is 492 g/mol. The van der Waals surface area contributed by atoms with Gasteiger partial charge in [0.05, 0.1) is 11.0 Å². The Kier molecular flexibility index (Phi) is 4.71. The van der Waals surface area contributed by atoms with Gasteiger partial charge in [-0.15, -0.1) is 0 Å². The van der Waals surface area contributed by atoms with E-state index in [2.05, 4.69) is 41.0 Å². The minimum absolute atomic E-state index is 0.612. The molecular formula is C33H24N4O. The van der Waals surface area contributed by atoms with Crippen LogP contribution in [0.2, 0.25) is 0 Å². The average Bonchev–Trinajstić information content (AvgIpc) is 3.51. The molecule has 182 valence electrons. The fraction of sp³-hybridized carbons (Fsp3) is 0.121. The Labute approximate surface area is 219 Å². The first-order chi connectivity index (χ1) is 18.8. The van der Waals surface area contributed by atoms with Crippen molar-refractivity contribution < 1.29 is 4.42 Å². The van der Waals surface area contributed by atoms with Crippen LogP contribution in [-0.4, -0.2) is 19.5 Å². The van der Waals surface area contributed by atoms with Crippen LogP contribution in [0.5, 0.6) is 0 Å². The molecule has 3 aromatic heterocycles. The zero-order valence-electron chi connectivity index (χ0n) is 20.8. The lowest BCUT2D eigenvalue weighted by atomic mass is 9.95. The third-order valence-electron chi connectivity index (χ3n) is 7.64. The molecule has 0 fully saturated rings. The van der Waals surface area contributed by atoms with Gasteiger partial charge in [0.15, 0.2) is 11.6 Å². The van der Waals surface area contributed by atoms with Crippen LogP contribution in [0.15, 0.2) is 101 Å². The topological polar surface area (TPSA) is 56.7 Å². The number of aromatic nitrogens is 4. The first kappa shape index (κ1) is 21.3. The number of benzene rings is 4. The van der Waals surface area contributed by atoms with E-state index >= 15 is 0 Å². The van der Waals surface area contributed by atoms with Gasteiger partial charge in [-0.25, -0.2) is 4.98 Å². The molecule has 0 radical (unpaired) electrons. The third-order valence-corrected chi connectivity index (χ3v) is 7.64. The molecule has 0 bridgehead atoms. The summed E-state index contributed by atoms with van der Waals surface area (Å²) in [5.41, 5.74) is 6.39. The van der Waals surface area contributed by atoms with E-state index in [0.717, 1.165) is 57.1 Å². The molecule has 5 heteroatoms. The number of hydrogen-bond acceptors (Lipinski definition) is 4. The van der Waals surface area contributed by atoms with E-state index < -0.39 is 0 Å². The Morgan fingerprint density at radius 1 is 0.579 bits per heavy atom. The van der Waals surface area contributed by atoms with Gasteiger partial charge >= 0.3 is 0 Å². The molecule has 0 atom stereocenters. The Morgan fingerprint density at radius 3 is 1.97 bits per heavy atom. The van der Waals surface area contributed by atoms with Gasteiger partial charge in [-0.1, -0.05) is 78.9 Å². The number of hydrogen-bond donors (Lipinski definition) is 0. The molecule has 0 amide bonds. The number of fused-ring (bicyclic) bond motifs is 6. The minimum atomic E-state index is 0.612. The normalized spacial score (nSPS) is 13.4. The summed E-state index contributed by atoms with van der Waals surface area (Å²) in [5.74, 6) is 3.07. The van der Waals surface area contributed by atoms with Crippen molar-refractivity contribution in [3.05, 3.63) is 108 Å². The summed E-state index contributed by atoms with van der Waals surface area (Å²) in [6, 6.07) is 33.2. The standard InChI is InChI=1S/C33H24N4O/c1-3-11-21(12-4-1)31-34-32(22-13-5-2-6-14-22)36-33(35-31)37-27-17-9-7-15-23(27)25-20-30-26(19-28(25)37)24-16-8-10-18-29(24)38-30/h1-7,9,11-15,17,19-20H,8,10,16,18H2. The highest BCUT2D eigenvalue weighted by Gasteiger charge is 2.22. The quantitative estimate of drug-likeness (QED) is 0.251. The molecule has 3 heterocycles. The molecular weight excluding hydrogens is 468 g/mol. The van der Waals surface area contributed by atoms with Crippen LogP contribution in [0.4, 0.5) is 0 Å². The summed E-state index contributed by atoms with van der Waals surface area (Å²) in [6.45, 7) is 0. The Balaban J connectivity index is 1.46. The molecule has 0 aliphatic heterocycles. The van der Waals surface area contributed by atoms with Crippen molar-refractivity contribution >= 4 is 32.8 Å². The van der Waals surface area contributed by atoms with E-state index in [4.69, 9.17) is 19.4 Å². The summed E-state index contributed by atoms with van der Waals surface area (Å²) in [4.78, 5) is 15.0. The first-order valence-electron chi connectivity index (χ1n) is 13.2. The maximum Gasteiger partial charge on any atom is 0.238 e.